The minimum atomic E-state index is 0.237. The van der Waals surface area contributed by atoms with Crippen LogP contribution in [0, 0.1) is 5.92 Å². The molecular formula is C13H20N2O2. The molecule has 2 aliphatic heterocycles. The van der Waals surface area contributed by atoms with Crippen molar-refractivity contribution in [3.8, 4) is 0 Å². The Labute approximate surface area is 102 Å². The zero-order valence-electron chi connectivity index (χ0n) is 10.2. The van der Waals surface area contributed by atoms with E-state index >= 15 is 0 Å². The van der Waals surface area contributed by atoms with Crippen molar-refractivity contribution in [1.82, 2.24) is 9.80 Å². The van der Waals surface area contributed by atoms with E-state index in [0.717, 1.165) is 52.2 Å². The number of hydrogen-bond donors (Lipinski definition) is 0. The van der Waals surface area contributed by atoms with Gasteiger partial charge in [-0.05, 0) is 12.8 Å². The van der Waals surface area contributed by atoms with Crippen LogP contribution in [0.15, 0.2) is 12.2 Å². The molecule has 0 spiro atoms. The molecule has 94 valence electrons. The second-order valence-corrected chi connectivity index (χ2v) is 5.19. The Kier molecular flexibility index (Phi) is 3.16. The third-order valence-corrected chi connectivity index (χ3v) is 4.09. The van der Waals surface area contributed by atoms with E-state index in [4.69, 9.17) is 4.74 Å². The molecule has 0 unspecified atom stereocenters. The summed E-state index contributed by atoms with van der Waals surface area (Å²) in [4.78, 5) is 16.6. The Bertz CT molecular complexity index is 309. The van der Waals surface area contributed by atoms with Gasteiger partial charge in [0.05, 0.1) is 13.2 Å². The van der Waals surface area contributed by atoms with Crippen LogP contribution >= 0.6 is 0 Å². The Morgan fingerprint density at radius 1 is 1.12 bits per heavy atom. The summed E-state index contributed by atoms with van der Waals surface area (Å²) in [6.45, 7) is 5.59. The van der Waals surface area contributed by atoms with Gasteiger partial charge < -0.3 is 9.64 Å². The molecule has 0 aromatic carbocycles. The second kappa shape index (κ2) is 4.78. The number of likely N-dealkylation sites (tertiary alicyclic amines) is 1. The number of carbonyl (C=O) groups excluding carboxylic acids is 1. The average molecular weight is 236 g/mol. The van der Waals surface area contributed by atoms with E-state index in [1.54, 1.807) is 0 Å². The lowest BCUT2D eigenvalue weighted by Crippen LogP contribution is -2.63. The largest absolute Gasteiger partial charge is 0.379 e. The fraction of sp³-hybridized carbons (Fsp3) is 0.769. The van der Waals surface area contributed by atoms with E-state index in [0.29, 0.717) is 11.9 Å². The highest BCUT2D eigenvalue weighted by Crippen LogP contribution is 2.24. The van der Waals surface area contributed by atoms with Crippen LogP contribution in [-0.2, 0) is 9.53 Å². The molecule has 0 aromatic rings. The topological polar surface area (TPSA) is 32.8 Å². The molecule has 3 rings (SSSR count). The van der Waals surface area contributed by atoms with Gasteiger partial charge in [0.1, 0.15) is 0 Å². The monoisotopic (exact) mass is 236 g/mol. The van der Waals surface area contributed by atoms with E-state index in [1.165, 1.54) is 0 Å². The van der Waals surface area contributed by atoms with Crippen molar-refractivity contribution >= 4 is 5.91 Å². The maximum absolute atomic E-state index is 12.1. The zero-order valence-corrected chi connectivity index (χ0v) is 10.2. The quantitative estimate of drug-likeness (QED) is 0.654. The summed E-state index contributed by atoms with van der Waals surface area (Å²) >= 11 is 0. The van der Waals surface area contributed by atoms with Crippen LogP contribution in [0.4, 0.5) is 0 Å². The molecule has 1 aliphatic carbocycles. The number of hydrogen-bond acceptors (Lipinski definition) is 3. The molecule has 3 aliphatic rings. The smallest absolute Gasteiger partial charge is 0.226 e. The third kappa shape index (κ3) is 2.24. The van der Waals surface area contributed by atoms with Gasteiger partial charge in [0, 0.05) is 38.1 Å². The Balaban J connectivity index is 1.45. The third-order valence-electron chi connectivity index (χ3n) is 4.09. The summed E-state index contributed by atoms with van der Waals surface area (Å²) in [7, 11) is 0. The minimum absolute atomic E-state index is 0.237. The molecule has 2 heterocycles. The maximum atomic E-state index is 12.1. The summed E-state index contributed by atoms with van der Waals surface area (Å²) in [6.07, 6.45) is 6.14. The zero-order chi connectivity index (χ0) is 11.7. The van der Waals surface area contributed by atoms with Crippen molar-refractivity contribution in [3.63, 3.8) is 0 Å². The molecule has 2 saturated heterocycles. The summed E-state index contributed by atoms with van der Waals surface area (Å²) in [5, 5.41) is 0. The van der Waals surface area contributed by atoms with Crippen LogP contribution in [0.25, 0.3) is 0 Å². The summed E-state index contributed by atoms with van der Waals surface area (Å²) in [5.41, 5.74) is 0. The number of rotatable bonds is 2. The van der Waals surface area contributed by atoms with Gasteiger partial charge in [0.15, 0.2) is 0 Å². The fourth-order valence-corrected chi connectivity index (χ4v) is 2.89. The molecule has 4 nitrogen and oxygen atoms in total. The first-order chi connectivity index (χ1) is 8.34. The lowest BCUT2D eigenvalue weighted by molar-refractivity contribution is -0.144. The second-order valence-electron chi connectivity index (χ2n) is 5.19. The molecule has 0 saturated carbocycles. The molecule has 0 aromatic heterocycles. The highest BCUT2D eigenvalue weighted by molar-refractivity contribution is 5.80. The van der Waals surface area contributed by atoms with Gasteiger partial charge in [-0.25, -0.2) is 0 Å². The van der Waals surface area contributed by atoms with Gasteiger partial charge in [-0.2, -0.15) is 0 Å². The number of amides is 1. The van der Waals surface area contributed by atoms with Gasteiger partial charge in [-0.1, -0.05) is 12.2 Å². The molecule has 0 radical (unpaired) electrons. The highest BCUT2D eigenvalue weighted by atomic mass is 16.5. The van der Waals surface area contributed by atoms with Gasteiger partial charge in [0.25, 0.3) is 0 Å². The van der Waals surface area contributed by atoms with Gasteiger partial charge >= 0.3 is 0 Å². The minimum Gasteiger partial charge on any atom is -0.379 e. The van der Waals surface area contributed by atoms with E-state index < -0.39 is 0 Å². The van der Waals surface area contributed by atoms with Crippen molar-refractivity contribution in [2.45, 2.75) is 18.9 Å². The Hall–Kier alpha value is -0.870. The van der Waals surface area contributed by atoms with Crippen LogP contribution < -0.4 is 0 Å². The Morgan fingerprint density at radius 3 is 2.41 bits per heavy atom. The van der Waals surface area contributed by atoms with Crippen LogP contribution in [0.3, 0.4) is 0 Å². The lowest BCUT2D eigenvalue weighted by atomic mass is 10.00. The van der Waals surface area contributed by atoms with Crippen LogP contribution in [0.2, 0.25) is 0 Å². The average Bonchev–Trinajstić information content (AvgIpc) is 2.81. The molecule has 0 atom stereocenters. The standard InChI is InChI=1S/C13H20N2O2/c16-13(11-3-1-2-4-11)15-9-12(10-15)14-5-7-17-8-6-14/h1-2,11-12H,3-10H2. The first kappa shape index (κ1) is 11.2. The first-order valence-electron chi connectivity index (χ1n) is 6.60. The van der Waals surface area contributed by atoms with E-state index in [-0.39, 0.29) is 5.92 Å². The Morgan fingerprint density at radius 2 is 1.76 bits per heavy atom. The number of ether oxygens (including phenoxy) is 1. The predicted molar refractivity (Wildman–Crippen MR) is 64.6 cm³/mol. The molecule has 4 heteroatoms. The van der Waals surface area contributed by atoms with Crippen molar-refractivity contribution in [3.05, 3.63) is 12.2 Å². The van der Waals surface area contributed by atoms with E-state index in [9.17, 15) is 4.79 Å². The van der Waals surface area contributed by atoms with Crippen LogP contribution in [0.5, 0.6) is 0 Å². The number of nitrogens with zero attached hydrogens (tertiary/aromatic N) is 2. The number of allylic oxidation sites excluding steroid dienone is 2. The summed E-state index contributed by atoms with van der Waals surface area (Å²) < 4.78 is 5.34. The molecule has 1 amide bonds. The van der Waals surface area contributed by atoms with Gasteiger partial charge in [-0.3, -0.25) is 9.69 Å². The van der Waals surface area contributed by atoms with Gasteiger partial charge in [0.2, 0.25) is 5.91 Å². The van der Waals surface area contributed by atoms with E-state index in [1.807, 2.05) is 4.90 Å². The molecule has 17 heavy (non-hydrogen) atoms. The molecule has 0 N–H and O–H groups in total. The van der Waals surface area contributed by atoms with Crippen molar-refractivity contribution < 1.29 is 9.53 Å². The van der Waals surface area contributed by atoms with E-state index in [2.05, 4.69) is 17.1 Å². The normalized spacial score (nSPS) is 27.4. The SMILES string of the molecule is O=C(C1CC=CC1)N1CC(N2CCOCC2)C1. The maximum Gasteiger partial charge on any atom is 0.226 e. The fourth-order valence-electron chi connectivity index (χ4n) is 2.89. The van der Waals surface area contributed by atoms with Crippen molar-refractivity contribution in [2.75, 3.05) is 39.4 Å². The van der Waals surface area contributed by atoms with Crippen LogP contribution in [-0.4, -0.2) is 61.1 Å². The molecule has 0 bridgehead atoms. The molecular weight excluding hydrogens is 216 g/mol. The lowest BCUT2D eigenvalue weighted by Gasteiger charge is -2.47. The number of carbonyl (C=O) groups is 1. The van der Waals surface area contributed by atoms with Gasteiger partial charge in [-0.15, -0.1) is 0 Å². The summed E-state index contributed by atoms with van der Waals surface area (Å²) in [6, 6.07) is 0.581. The van der Waals surface area contributed by atoms with Crippen LogP contribution in [0.1, 0.15) is 12.8 Å². The van der Waals surface area contributed by atoms with Crippen molar-refractivity contribution in [1.29, 1.82) is 0 Å². The molecule has 2 fully saturated rings. The number of morpholine rings is 1. The first-order valence-corrected chi connectivity index (χ1v) is 6.60. The predicted octanol–water partition coefficient (Wildman–Crippen LogP) is 0.496. The summed E-state index contributed by atoms with van der Waals surface area (Å²) in [5.74, 6) is 0.597. The highest BCUT2D eigenvalue weighted by Gasteiger charge is 2.37. The van der Waals surface area contributed by atoms with Crippen molar-refractivity contribution in [2.24, 2.45) is 5.92 Å².